The van der Waals surface area contributed by atoms with E-state index in [2.05, 4.69) is 27.6 Å². The lowest BCUT2D eigenvalue weighted by Crippen LogP contribution is -2.19. The summed E-state index contributed by atoms with van der Waals surface area (Å²) in [6.45, 7) is 2.77. The first-order valence-electron chi connectivity index (χ1n) is 7.90. The number of H-pyrrole nitrogens is 1. The lowest BCUT2D eigenvalue weighted by molar-refractivity contribution is 0.0949. The average Bonchev–Trinajstić information content (AvgIpc) is 3.17. The predicted octanol–water partition coefficient (Wildman–Crippen LogP) is 2.45. The second kappa shape index (κ2) is 7.09. The third-order valence-corrected chi connectivity index (χ3v) is 3.75. The van der Waals surface area contributed by atoms with Gasteiger partial charge in [0.1, 0.15) is 5.75 Å². The van der Waals surface area contributed by atoms with Crippen LogP contribution in [0.15, 0.2) is 29.4 Å². The second-order valence-electron chi connectivity index (χ2n) is 5.50. The minimum atomic E-state index is -0.274. The zero-order chi connectivity index (χ0) is 16.1. The molecule has 1 aromatic carbocycles. The van der Waals surface area contributed by atoms with E-state index in [1.807, 2.05) is 24.3 Å². The number of hydrogen-bond donors (Lipinski definition) is 2. The third-order valence-electron chi connectivity index (χ3n) is 3.75. The van der Waals surface area contributed by atoms with Gasteiger partial charge in [0.05, 0.1) is 12.8 Å². The van der Waals surface area contributed by atoms with Gasteiger partial charge in [0.15, 0.2) is 5.69 Å². The fourth-order valence-corrected chi connectivity index (χ4v) is 2.60. The minimum absolute atomic E-state index is 0.274. The van der Waals surface area contributed by atoms with Gasteiger partial charge < -0.3 is 4.74 Å². The van der Waals surface area contributed by atoms with Crippen LogP contribution in [0.5, 0.6) is 5.75 Å². The molecule has 3 rings (SSSR count). The maximum atomic E-state index is 12.1. The molecule has 1 heterocycles. The highest BCUT2D eigenvalue weighted by Crippen LogP contribution is 2.22. The Kier molecular flexibility index (Phi) is 4.71. The molecule has 0 saturated carbocycles. The van der Waals surface area contributed by atoms with E-state index in [0.29, 0.717) is 12.3 Å². The van der Waals surface area contributed by atoms with Gasteiger partial charge in [-0.05, 0) is 55.5 Å². The van der Waals surface area contributed by atoms with Gasteiger partial charge in [-0.15, -0.1) is 0 Å². The number of amides is 1. The van der Waals surface area contributed by atoms with Crippen LogP contribution < -0.4 is 10.2 Å². The van der Waals surface area contributed by atoms with E-state index in [9.17, 15) is 4.79 Å². The SMILES string of the molecule is CCCOc1ccc(C=NNC(=O)c2n[nH]c3c2CCC3)cc1. The van der Waals surface area contributed by atoms with Gasteiger partial charge in [0.2, 0.25) is 0 Å². The van der Waals surface area contributed by atoms with Crippen molar-refractivity contribution < 1.29 is 9.53 Å². The molecule has 0 saturated heterocycles. The van der Waals surface area contributed by atoms with E-state index in [1.54, 1.807) is 6.21 Å². The largest absolute Gasteiger partial charge is 0.494 e. The highest BCUT2D eigenvalue weighted by atomic mass is 16.5. The number of carbonyl (C=O) groups excluding carboxylic acids is 1. The predicted molar refractivity (Wildman–Crippen MR) is 87.9 cm³/mol. The Morgan fingerprint density at radius 2 is 2.22 bits per heavy atom. The molecule has 0 bridgehead atoms. The smallest absolute Gasteiger partial charge is 0.292 e. The zero-order valence-electron chi connectivity index (χ0n) is 13.1. The molecular weight excluding hydrogens is 292 g/mol. The number of aromatic nitrogens is 2. The summed E-state index contributed by atoms with van der Waals surface area (Å²) in [5, 5.41) is 11.0. The van der Waals surface area contributed by atoms with Crippen molar-refractivity contribution in [2.75, 3.05) is 6.61 Å². The topological polar surface area (TPSA) is 79.4 Å². The van der Waals surface area contributed by atoms with Crippen LogP contribution in [0, 0.1) is 0 Å². The van der Waals surface area contributed by atoms with Crippen LogP contribution in [-0.2, 0) is 12.8 Å². The molecule has 0 radical (unpaired) electrons. The Labute approximate surface area is 134 Å². The summed E-state index contributed by atoms with van der Waals surface area (Å²) in [6.07, 6.45) is 5.52. The first kappa shape index (κ1) is 15.3. The van der Waals surface area contributed by atoms with E-state index >= 15 is 0 Å². The number of hydrogen-bond acceptors (Lipinski definition) is 4. The lowest BCUT2D eigenvalue weighted by Gasteiger charge is -2.03. The van der Waals surface area contributed by atoms with Gasteiger partial charge in [0, 0.05) is 11.3 Å². The van der Waals surface area contributed by atoms with Crippen LogP contribution in [0.25, 0.3) is 0 Å². The molecule has 0 aliphatic heterocycles. The van der Waals surface area contributed by atoms with Gasteiger partial charge in [-0.3, -0.25) is 9.89 Å². The van der Waals surface area contributed by atoms with Gasteiger partial charge in [-0.1, -0.05) is 6.92 Å². The van der Waals surface area contributed by atoms with E-state index in [4.69, 9.17) is 4.74 Å². The number of ether oxygens (including phenoxy) is 1. The molecule has 6 nitrogen and oxygen atoms in total. The van der Waals surface area contributed by atoms with Crippen LogP contribution >= 0.6 is 0 Å². The molecule has 1 amide bonds. The van der Waals surface area contributed by atoms with Crippen molar-refractivity contribution in [1.82, 2.24) is 15.6 Å². The van der Waals surface area contributed by atoms with Gasteiger partial charge >= 0.3 is 0 Å². The summed E-state index contributed by atoms with van der Waals surface area (Å²) in [6, 6.07) is 7.57. The van der Waals surface area contributed by atoms with Gasteiger partial charge in [0.25, 0.3) is 5.91 Å². The number of carbonyl (C=O) groups is 1. The molecule has 2 aromatic rings. The molecular formula is C17H20N4O2. The van der Waals surface area contributed by atoms with Crippen LogP contribution in [-0.4, -0.2) is 28.9 Å². The standard InChI is InChI=1S/C17H20N4O2/c1-2-10-23-13-8-6-12(7-9-13)11-18-21-17(22)16-14-4-3-5-15(14)19-20-16/h6-9,11H,2-5,10H2,1H3,(H,19,20)(H,21,22). The summed E-state index contributed by atoms with van der Waals surface area (Å²) in [5.41, 5.74) is 5.97. The first-order chi connectivity index (χ1) is 11.3. The Bertz CT molecular complexity index is 704. The molecule has 23 heavy (non-hydrogen) atoms. The Balaban J connectivity index is 1.57. The van der Waals surface area contributed by atoms with Crippen molar-refractivity contribution in [3.63, 3.8) is 0 Å². The second-order valence-corrected chi connectivity index (χ2v) is 5.50. The highest BCUT2D eigenvalue weighted by molar-refractivity contribution is 5.94. The van der Waals surface area contributed by atoms with Crippen molar-refractivity contribution in [2.45, 2.75) is 32.6 Å². The molecule has 120 valence electrons. The van der Waals surface area contributed by atoms with E-state index < -0.39 is 0 Å². The summed E-state index contributed by atoms with van der Waals surface area (Å²) in [7, 11) is 0. The number of benzene rings is 1. The summed E-state index contributed by atoms with van der Waals surface area (Å²) >= 11 is 0. The highest BCUT2D eigenvalue weighted by Gasteiger charge is 2.22. The lowest BCUT2D eigenvalue weighted by atomic mass is 10.2. The molecule has 6 heteroatoms. The zero-order valence-corrected chi connectivity index (χ0v) is 13.1. The molecule has 0 atom stereocenters. The maximum Gasteiger partial charge on any atom is 0.292 e. The number of hydrazone groups is 1. The molecule has 1 aromatic heterocycles. The maximum absolute atomic E-state index is 12.1. The van der Waals surface area contributed by atoms with Crippen molar-refractivity contribution in [3.8, 4) is 5.75 Å². The van der Waals surface area contributed by atoms with Crippen molar-refractivity contribution >= 4 is 12.1 Å². The molecule has 0 fully saturated rings. The van der Waals surface area contributed by atoms with Gasteiger partial charge in [-0.25, -0.2) is 5.43 Å². The summed E-state index contributed by atoms with van der Waals surface area (Å²) in [4.78, 5) is 12.1. The summed E-state index contributed by atoms with van der Waals surface area (Å²) in [5.74, 6) is 0.559. The molecule has 1 aliphatic rings. The minimum Gasteiger partial charge on any atom is -0.494 e. The van der Waals surface area contributed by atoms with E-state index in [0.717, 1.165) is 48.3 Å². The fraction of sp³-hybridized carbons (Fsp3) is 0.353. The van der Waals surface area contributed by atoms with Crippen molar-refractivity contribution in [2.24, 2.45) is 5.10 Å². The first-order valence-corrected chi connectivity index (χ1v) is 7.90. The van der Waals surface area contributed by atoms with Gasteiger partial charge in [-0.2, -0.15) is 10.2 Å². The number of fused-ring (bicyclic) bond motifs is 1. The van der Waals surface area contributed by atoms with E-state index in [-0.39, 0.29) is 5.91 Å². The Morgan fingerprint density at radius 1 is 1.39 bits per heavy atom. The van der Waals surface area contributed by atoms with Crippen molar-refractivity contribution in [1.29, 1.82) is 0 Å². The van der Waals surface area contributed by atoms with Crippen LogP contribution in [0.2, 0.25) is 0 Å². The number of nitrogens with one attached hydrogen (secondary N) is 2. The monoisotopic (exact) mass is 312 g/mol. The quantitative estimate of drug-likeness (QED) is 0.635. The fourth-order valence-electron chi connectivity index (χ4n) is 2.60. The van der Waals surface area contributed by atoms with Crippen LogP contribution in [0.3, 0.4) is 0 Å². The van der Waals surface area contributed by atoms with Crippen LogP contribution in [0.4, 0.5) is 0 Å². The Morgan fingerprint density at radius 3 is 3.00 bits per heavy atom. The number of aryl methyl sites for hydroxylation is 1. The number of nitrogens with zero attached hydrogens (tertiary/aromatic N) is 2. The number of aromatic amines is 1. The molecule has 0 unspecified atom stereocenters. The normalized spacial score (nSPS) is 13.3. The Hall–Kier alpha value is -2.63. The molecule has 0 spiro atoms. The molecule has 2 N–H and O–H groups in total. The molecule has 1 aliphatic carbocycles. The van der Waals surface area contributed by atoms with Crippen LogP contribution in [0.1, 0.15) is 47.1 Å². The van der Waals surface area contributed by atoms with Crippen molar-refractivity contribution in [3.05, 3.63) is 46.8 Å². The number of rotatable bonds is 6. The van der Waals surface area contributed by atoms with E-state index in [1.165, 1.54) is 0 Å². The summed E-state index contributed by atoms with van der Waals surface area (Å²) < 4.78 is 5.52. The third kappa shape index (κ3) is 3.59. The average molecular weight is 312 g/mol.